The number of carbonyl (C=O) groups is 2. The van der Waals surface area contributed by atoms with Crippen LogP contribution in [0.1, 0.15) is 18.1 Å². The first-order valence-corrected chi connectivity index (χ1v) is 9.73. The summed E-state index contributed by atoms with van der Waals surface area (Å²) in [4.78, 5) is 30.6. The molecule has 1 amide bonds. The SMILES string of the molecule is CC(=O)CSC1=NC(=Cc2ccc3c(c2)OCO3)C(=O)N1c1ccc(C)cc1. The van der Waals surface area contributed by atoms with Crippen molar-refractivity contribution < 1.29 is 19.1 Å². The van der Waals surface area contributed by atoms with Crippen molar-refractivity contribution in [2.24, 2.45) is 4.99 Å². The number of rotatable bonds is 4. The van der Waals surface area contributed by atoms with Crippen LogP contribution in [0.2, 0.25) is 0 Å². The third kappa shape index (κ3) is 3.66. The number of thioether (sulfide) groups is 1. The number of amides is 1. The van der Waals surface area contributed by atoms with Crippen LogP contribution in [0, 0.1) is 6.92 Å². The van der Waals surface area contributed by atoms with E-state index in [1.165, 1.54) is 18.7 Å². The van der Waals surface area contributed by atoms with E-state index < -0.39 is 0 Å². The molecule has 6 nitrogen and oxygen atoms in total. The molecule has 142 valence electrons. The number of aryl methyl sites for hydroxylation is 1. The molecule has 0 spiro atoms. The predicted molar refractivity (Wildman–Crippen MR) is 110 cm³/mol. The summed E-state index contributed by atoms with van der Waals surface area (Å²) in [5, 5.41) is 0.496. The van der Waals surface area contributed by atoms with Gasteiger partial charge in [0.15, 0.2) is 16.7 Å². The van der Waals surface area contributed by atoms with Crippen molar-refractivity contribution in [2.45, 2.75) is 13.8 Å². The van der Waals surface area contributed by atoms with E-state index >= 15 is 0 Å². The van der Waals surface area contributed by atoms with Gasteiger partial charge < -0.3 is 9.47 Å². The molecule has 2 aromatic rings. The van der Waals surface area contributed by atoms with Crippen molar-refractivity contribution in [2.75, 3.05) is 17.4 Å². The van der Waals surface area contributed by atoms with E-state index in [0.717, 1.165) is 16.8 Å². The van der Waals surface area contributed by atoms with Crippen LogP contribution in [0.3, 0.4) is 0 Å². The smallest absolute Gasteiger partial charge is 0.283 e. The molecule has 0 N–H and O–H groups in total. The van der Waals surface area contributed by atoms with Crippen LogP contribution in [0.5, 0.6) is 11.5 Å². The van der Waals surface area contributed by atoms with Crippen LogP contribution < -0.4 is 14.4 Å². The molecule has 2 heterocycles. The molecular weight excluding hydrogens is 376 g/mol. The summed E-state index contributed by atoms with van der Waals surface area (Å²) < 4.78 is 10.7. The maximum absolute atomic E-state index is 13.1. The monoisotopic (exact) mass is 394 g/mol. The van der Waals surface area contributed by atoms with E-state index in [4.69, 9.17) is 9.47 Å². The van der Waals surface area contributed by atoms with Gasteiger partial charge in [-0.2, -0.15) is 0 Å². The van der Waals surface area contributed by atoms with E-state index in [-0.39, 0.29) is 24.2 Å². The van der Waals surface area contributed by atoms with E-state index in [1.54, 1.807) is 17.0 Å². The Labute approximate surface area is 166 Å². The summed E-state index contributed by atoms with van der Waals surface area (Å²) in [6.07, 6.45) is 1.72. The van der Waals surface area contributed by atoms with Gasteiger partial charge in [-0.3, -0.25) is 14.5 Å². The lowest BCUT2D eigenvalue weighted by atomic mass is 10.1. The van der Waals surface area contributed by atoms with Crippen molar-refractivity contribution in [3.63, 3.8) is 0 Å². The van der Waals surface area contributed by atoms with Crippen LogP contribution in [0.4, 0.5) is 5.69 Å². The number of carbonyl (C=O) groups excluding carboxylic acids is 2. The average molecular weight is 394 g/mol. The number of benzene rings is 2. The zero-order chi connectivity index (χ0) is 19.7. The molecule has 0 bridgehead atoms. The predicted octanol–water partition coefficient (Wildman–Crippen LogP) is 3.79. The number of amidine groups is 1. The standard InChI is InChI=1S/C21H18N2O4S/c1-13-3-6-16(7-4-13)23-20(25)17(22-21(23)28-11-14(2)24)9-15-5-8-18-19(10-15)27-12-26-18/h3-10H,11-12H2,1-2H3. The maximum Gasteiger partial charge on any atom is 0.283 e. The number of fused-ring (bicyclic) bond motifs is 1. The molecule has 0 atom stereocenters. The summed E-state index contributed by atoms with van der Waals surface area (Å²) in [7, 11) is 0. The third-order valence-corrected chi connectivity index (χ3v) is 5.31. The largest absolute Gasteiger partial charge is 0.454 e. The number of Topliss-reactive ketones (excluding diaryl/α,β-unsaturated/α-hetero) is 1. The summed E-state index contributed by atoms with van der Waals surface area (Å²) in [6, 6.07) is 13.1. The minimum Gasteiger partial charge on any atom is -0.454 e. The van der Waals surface area contributed by atoms with E-state index in [1.807, 2.05) is 43.3 Å². The molecule has 0 fully saturated rings. The Morgan fingerprint density at radius 1 is 1.18 bits per heavy atom. The zero-order valence-electron chi connectivity index (χ0n) is 15.5. The Kier molecular flexibility index (Phi) is 4.92. The molecule has 2 aromatic carbocycles. The number of aliphatic imine (C=N–C) groups is 1. The highest BCUT2D eigenvalue weighted by Gasteiger charge is 2.32. The van der Waals surface area contributed by atoms with Crippen molar-refractivity contribution in [1.29, 1.82) is 0 Å². The number of ether oxygens (including phenoxy) is 2. The Balaban J connectivity index is 1.68. The fraction of sp³-hybridized carbons (Fsp3) is 0.190. The first-order chi connectivity index (χ1) is 13.5. The Morgan fingerprint density at radius 2 is 1.93 bits per heavy atom. The Morgan fingerprint density at radius 3 is 2.68 bits per heavy atom. The molecule has 0 aromatic heterocycles. The highest BCUT2D eigenvalue weighted by molar-refractivity contribution is 8.14. The Hall–Kier alpha value is -3.06. The summed E-state index contributed by atoms with van der Waals surface area (Å²) in [5.41, 5.74) is 2.92. The van der Waals surface area contributed by atoms with Gasteiger partial charge >= 0.3 is 0 Å². The highest BCUT2D eigenvalue weighted by atomic mass is 32.2. The number of anilines is 1. The van der Waals surface area contributed by atoms with E-state index in [9.17, 15) is 9.59 Å². The zero-order valence-corrected chi connectivity index (χ0v) is 16.3. The molecule has 4 rings (SSSR count). The number of ketones is 1. The lowest BCUT2D eigenvalue weighted by molar-refractivity contribution is -0.115. The van der Waals surface area contributed by atoms with Crippen LogP contribution in [0.25, 0.3) is 6.08 Å². The quantitative estimate of drug-likeness (QED) is 0.738. The van der Waals surface area contributed by atoms with Crippen molar-refractivity contribution in [3.8, 4) is 11.5 Å². The van der Waals surface area contributed by atoms with E-state index in [2.05, 4.69) is 4.99 Å². The second kappa shape index (κ2) is 7.52. The molecule has 0 saturated heterocycles. The van der Waals surface area contributed by atoms with Crippen LogP contribution in [0.15, 0.2) is 53.2 Å². The normalized spacial score (nSPS) is 16.6. The lowest BCUT2D eigenvalue weighted by Crippen LogP contribution is -2.30. The molecule has 7 heteroatoms. The van der Waals surface area contributed by atoms with Gasteiger partial charge in [0.05, 0.1) is 11.4 Å². The topological polar surface area (TPSA) is 68.2 Å². The third-order valence-electron chi connectivity index (χ3n) is 4.23. The maximum atomic E-state index is 13.1. The Bertz CT molecular complexity index is 1010. The van der Waals surface area contributed by atoms with Crippen LogP contribution in [-0.4, -0.2) is 29.4 Å². The van der Waals surface area contributed by atoms with Gasteiger partial charge in [-0.1, -0.05) is 35.5 Å². The first kappa shape index (κ1) is 18.3. The molecule has 0 radical (unpaired) electrons. The van der Waals surface area contributed by atoms with Gasteiger partial charge in [-0.05, 0) is 49.8 Å². The fourth-order valence-corrected chi connectivity index (χ4v) is 3.65. The van der Waals surface area contributed by atoms with Gasteiger partial charge in [-0.25, -0.2) is 4.99 Å². The van der Waals surface area contributed by atoms with Crippen LogP contribution >= 0.6 is 11.8 Å². The molecule has 0 unspecified atom stereocenters. The lowest BCUT2D eigenvalue weighted by Gasteiger charge is -2.17. The van der Waals surface area contributed by atoms with Gasteiger partial charge in [0.1, 0.15) is 11.5 Å². The summed E-state index contributed by atoms with van der Waals surface area (Å²) in [5.74, 6) is 1.38. The summed E-state index contributed by atoms with van der Waals surface area (Å²) >= 11 is 1.26. The minimum absolute atomic E-state index is 0.0252. The molecule has 2 aliphatic heterocycles. The molecule has 0 aliphatic carbocycles. The van der Waals surface area contributed by atoms with Gasteiger partial charge in [0, 0.05) is 0 Å². The van der Waals surface area contributed by atoms with E-state index in [0.29, 0.717) is 22.4 Å². The number of hydrogen-bond donors (Lipinski definition) is 0. The molecule has 28 heavy (non-hydrogen) atoms. The molecule has 0 saturated carbocycles. The van der Waals surface area contributed by atoms with Gasteiger partial charge in [0.2, 0.25) is 6.79 Å². The highest BCUT2D eigenvalue weighted by Crippen LogP contribution is 2.34. The number of nitrogens with zero attached hydrogens (tertiary/aromatic N) is 2. The van der Waals surface area contributed by atoms with Crippen LogP contribution in [-0.2, 0) is 9.59 Å². The van der Waals surface area contributed by atoms with Crippen molar-refractivity contribution in [1.82, 2.24) is 0 Å². The van der Waals surface area contributed by atoms with Gasteiger partial charge in [0.25, 0.3) is 5.91 Å². The molecular formula is C21H18N2O4S. The number of hydrogen-bond acceptors (Lipinski definition) is 6. The average Bonchev–Trinajstić information content (AvgIpc) is 3.25. The first-order valence-electron chi connectivity index (χ1n) is 8.74. The van der Waals surface area contributed by atoms with Gasteiger partial charge in [-0.15, -0.1) is 0 Å². The second-order valence-electron chi connectivity index (χ2n) is 6.50. The fourth-order valence-electron chi connectivity index (χ4n) is 2.84. The second-order valence-corrected chi connectivity index (χ2v) is 7.45. The van der Waals surface area contributed by atoms with Crippen molar-refractivity contribution >= 4 is 40.4 Å². The molecule has 2 aliphatic rings. The minimum atomic E-state index is -0.229. The van der Waals surface area contributed by atoms with Crippen molar-refractivity contribution in [3.05, 3.63) is 59.3 Å². The summed E-state index contributed by atoms with van der Waals surface area (Å²) in [6.45, 7) is 3.70.